The van der Waals surface area contributed by atoms with E-state index in [9.17, 15) is 0 Å². The first-order valence-electron chi connectivity index (χ1n) is 7.69. The summed E-state index contributed by atoms with van der Waals surface area (Å²) in [5, 5.41) is 5.26. The molecule has 0 aromatic carbocycles. The van der Waals surface area contributed by atoms with Gasteiger partial charge < -0.3 is 4.74 Å². The molecule has 0 spiro atoms. The quantitative estimate of drug-likeness (QED) is 0.809. The lowest BCUT2D eigenvalue weighted by atomic mass is 10.1. The average Bonchev–Trinajstić information content (AvgIpc) is 2.75. The van der Waals surface area contributed by atoms with Gasteiger partial charge in [-0.2, -0.15) is 5.10 Å². The van der Waals surface area contributed by atoms with E-state index in [1.807, 2.05) is 7.05 Å². The molecular formula is C15H26ClN3O. The molecule has 5 heteroatoms. The lowest BCUT2D eigenvalue weighted by Gasteiger charge is -2.29. The summed E-state index contributed by atoms with van der Waals surface area (Å²) >= 11 is 6.38. The van der Waals surface area contributed by atoms with Gasteiger partial charge in [-0.25, -0.2) is 0 Å². The van der Waals surface area contributed by atoms with E-state index in [4.69, 9.17) is 16.3 Å². The molecule has 0 N–H and O–H groups in total. The SMILES string of the molecule is CCc1nn(C)c(Cl)c1CN(CC)CC1CCCCO1. The normalized spacial score (nSPS) is 19.8. The minimum Gasteiger partial charge on any atom is -0.377 e. The van der Waals surface area contributed by atoms with Crippen molar-refractivity contribution in [3.63, 3.8) is 0 Å². The van der Waals surface area contributed by atoms with E-state index < -0.39 is 0 Å². The summed E-state index contributed by atoms with van der Waals surface area (Å²) in [5.74, 6) is 0. The molecule has 1 atom stereocenters. The Balaban J connectivity index is 2.02. The van der Waals surface area contributed by atoms with Crippen molar-refractivity contribution in [1.29, 1.82) is 0 Å². The molecule has 1 unspecified atom stereocenters. The summed E-state index contributed by atoms with van der Waals surface area (Å²) < 4.78 is 7.62. The topological polar surface area (TPSA) is 30.3 Å². The Bertz CT molecular complexity index is 427. The highest BCUT2D eigenvalue weighted by Gasteiger charge is 2.20. The number of likely N-dealkylation sites (N-methyl/N-ethyl adjacent to an activating group) is 1. The second kappa shape index (κ2) is 7.43. The fraction of sp³-hybridized carbons (Fsp3) is 0.800. The van der Waals surface area contributed by atoms with Crippen LogP contribution in [0, 0.1) is 0 Å². The van der Waals surface area contributed by atoms with Gasteiger partial charge in [-0.1, -0.05) is 25.4 Å². The van der Waals surface area contributed by atoms with Gasteiger partial charge in [-0.15, -0.1) is 0 Å². The van der Waals surface area contributed by atoms with Crippen molar-refractivity contribution < 1.29 is 4.74 Å². The van der Waals surface area contributed by atoms with Crippen LogP contribution in [0.1, 0.15) is 44.4 Å². The molecule has 0 saturated carbocycles. The van der Waals surface area contributed by atoms with E-state index >= 15 is 0 Å². The third-order valence-corrected chi connectivity index (χ3v) is 4.52. The predicted molar refractivity (Wildman–Crippen MR) is 82.1 cm³/mol. The monoisotopic (exact) mass is 299 g/mol. The maximum Gasteiger partial charge on any atom is 0.131 e. The first-order valence-corrected chi connectivity index (χ1v) is 8.07. The van der Waals surface area contributed by atoms with Gasteiger partial charge >= 0.3 is 0 Å². The first-order chi connectivity index (χ1) is 9.65. The molecule has 1 aliphatic heterocycles. The van der Waals surface area contributed by atoms with Crippen LogP contribution in [0.15, 0.2) is 0 Å². The summed E-state index contributed by atoms with van der Waals surface area (Å²) in [5.41, 5.74) is 2.29. The molecule has 2 heterocycles. The number of halogens is 1. The zero-order valence-electron chi connectivity index (χ0n) is 12.9. The number of rotatable bonds is 6. The van der Waals surface area contributed by atoms with Crippen LogP contribution in [0.2, 0.25) is 5.15 Å². The smallest absolute Gasteiger partial charge is 0.131 e. The Labute approximate surface area is 127 Å². The fourth-order valence-corrected chi connectivity index (χ4v) is 3.02. The molecule has 0 aliphatic carbocycles. The van der Waals surface area contributed by atoms with E-state index in [1.54, 1.807) is 4.68 Å². The van der Waals surface area contributed by atoms with Crippen molar-refractivity contribution >= 4 is 11.6 Å². The van der Waals surface area contributed by atoms with Gasteiger partial charge in [0.15, 0.2) is 0 Å². The molecule has 4 nitrogen and oxygen atoms in total. The van der Waals surface area contributed by atoms with Crippen LogP contribution in [0.5, 0.6) is 0 Å². The highest BCUT2D eigenvalue weighted by Crippen LogP contribution is 2.22. The first kappa shape index (κ1) is 15.8. The molecule has 1 saturated heterocycles. The minimum absolute atomic E-state index is 0.379. The molecule has 20 heavy (non-hydrogen) atoms. The second-order valence-electron chi connectivity index (χ2n) is 5.51. The van der Waals surface area contributed by atoms with Crippen molar-refractivity contribution in [2.24, 2.45) is 7.05 Å². The van der Waals surface area contributed by atoms with Crippen molar-refractivity contribution in [3.8, 4) is 0 Å². The van der Waals surface area contributed by atoms with Crippen LogP contribution < -0.4 is 0 Å². The van der Waals surface area contributed by atoms with Gasteiger partial charge in [-0.05, 0) is 32.2 Å². The summed E-state index contributed by atoms with van der Waals surface area (Å²) in [6, 6.07) is 0. The lowest BCUT2D eigenvalue weighted by molar-refractivity contribution is -0.00627. The fourth-order valence-electron chi connectivity index (χ4n) is 2.81. The molecule has 1 aromatic heterocycles. The molecule has 0 radical (unpaired) electrons. The highest BCUT2D eigenvalue weighted by molar-refractivity contribution is 6.30. The van der Waals surface area contributed by atoms with Gasteiger partial charge in [0.05, 0.1) is 11.8 Å². The number of nitrogens with zero attached hydrogens (tertiary/aromatic N) is 3. The molecular weight excluding hydrogens is 274 g/mol. The molecule has 0 amide bonds. The average molecular weight is 300 g/mol. The van der Waals surface area contributed by atoms with Crippen molar-refractivity contribution in [2.75, 3.05) is 19.7 Å². The third-order valence-electron chi connectivity index (χ3n) is 4.05. The van der Waals surface area contributed by atoms with Gasteiger partial charge in [0.1, 0.15) is 5.15 Å². The van der Waals surface area contributed by atoms with Gasteiger partial charge in [0, 0.05) is 32.3 Å². The van der Waals surface area contributed by atoms with E-state index in [0.717, 1.165) is 43.5 Å². The van der Waals surface area contributed by atoms with Crippen LogP contribution in [-0.4, -0.2) is 40.5 Å². The van der Waals surface area contributed by atoms with E-state index in [1.165, 1.54) is 24.8 Å². The predicted octanol–water partition coefficient (Wildman–Crippen LogP) is 3.03. The summed E-state index contributed by atoms with van der Waals surface area (Å²) in [6.45, 7) is 8.10. The molecule has 1 aromatic rings. The molecule has 2 rings (SSSR count). The number of aryl methyl sites for hydroxylation is 2. The standard InChI is InChI=1S/C15H26ClN3O/c1-4-14-13(15(16)18(3)17-14)11-19(5-2)10-12-8-6-7-9-20-12/h12H,4-11H2,1-3H3. The van der Waals surface area contributed by atoms with E-state index in [2.05, 4.69) is 23.8 Å². The second-order valence-corrected chi connectivity index (χ2v) is 5.87. The maximum absolute atomic E-state index is 6.38. The largest absolute Gasteiger partial charge is 0.377 e. The zero-order valence-corrected chi connectivity index (χ0v) is 13.6. The Hall–Kier alpha value is -0.580. The van der Waals surface area contributed by atoms with E-state index in [0.29, 0.717) is 6.10 Å². The number of ether oxygens (including phenoxy) is 1. The minimum atomic E-state index is 0.379. The molecule has 1 fully saturated rings. The Morgan fingerprint density at radius 1 is 1.40 bits per heavy atom. The van der Waals surface area contributed by atoms with Gasteiger partial charge in [0.2, 0.25) is 0 Å². The Morgan fingerprint density at radius 2 is 2.20 bits per heavy atom. The van der Waals surface area contributed by atoms with Gasteiger partial charge in [0.25, 0.3) is 0 Å². The van der Waals surface area contributed by atoms with Crippen LogP contribution in [0.4, 0.5) is 0 Å². The van der Waals surface area contributed by atoms with Crippen LogP contribution in [-0.2, 0) is 24.8 Å². The summed E-state index contributed by atoms with van der Waals surface area (Å²) in [6.07, 6.45) is 4.97. The summed E-state index contributed by atoms with van der Waals surface area (Å²) in [7, 11) is 1.91. The third kappa shape index (κ3) is 3.74. The number of aromatic nitrogens is 2. The Morgan fingerprint density at radius 3 is 2.80 bits per heavy atom. The van der Waals surface area contributed by atoms with Crippen LogP contribution >= 0.6 is 11.6 Å². The highest BCUT2D eigenvalue weighted by atomic mass is 35.5. The van der Waals surface area contributed by atoms with Crippen molar-refractivity contribution in [3.05, 3.63) is 16.4 Å². The molecule has 0 bridgehead atoms. The maximum atomic E-state index is 6.38. The van der Waals surface area contributed by atoms with Gasteiger partial charge in [-0.3, -0.25) is 9.58 Å². The van der Waals surface area contributed by atoms with E-state index in [-0.39, 0.29) is 0 Å². The van der Waals surface area contributed by atoms with Crippen LogP contribution in [0.25, 0.3) is 0 Å². The zero-order chi connectivity index (χ0) is 14.5. The van der Waals surface area contributed by atoms with Crippen molar-refractivity contribution in [2.45, 2.75) is 52.2 Å². The summed E-state index contributed by atoms with van der Waals surface area (Å²) in [4.78, 5) is 2.41. The lowest BCUT2D eigenvalue weighted by Crippen LogP contribution is -2.35. The Kier molecular flexibility index (Phi) is 5.87. The molecule has 114 valence electrons. The number of hydrogen-bond acceptors (Lipinski definition) is 3. The van der Waals surface area contributed by atoms with Crippen molar-refractivity contribution in [1.82, 2.24) is 14.7 Å². The molecule has 1 aliphatic rings. The number of hydrogen-bond donors (Lipinski definition) is 0. The van der Waals surface area contributed by atoms with Crippen LogP contribution in [0.3, 0.4) is 0 Å².